The third-order valence-corrected chi connectivity index (χ3v) is 6.95. The quantitative estimate of drug-likeness (QED) is 0.167. The van der Waals surface area contributed by atoms with Gasteiger partial charge in [-0.15, -0.1) is 0 Å². The smallest absolute Gasteiger partial charge is 0.0616 e. The van der Waals surface area contributed by atoms with E-state index in [2.05, 4.69) is 6.07 Å². The molecule has 0 spiro atoms. The molecule has 0 heterocycles. The van der Waals surface area contributed by atoms with Crippen molar-refractivity contribution in [1.29, 1.82) is 0 Å². The maximum atomic E-state index is 9.34. The summed E-state index contributed by atoms with van der Waals surface area (Å²) in [5.41, 5.74) is 0.710. The van der Waals surface area contributed by atoms with Gasteiger partial charge >= 0.3 is 0 Å². The van der Waals surface area contributed by atoms with Gasteiger partial charge in [-0.3, -0.25) is 0 Å². The Labute approximate surface area is 224 Å². The molecule has 0 aromatic heterocycles. The molecule has 0 nitrogen and oxygen atoms in total. The summed E-state index contributed by atoms with van der Waals surface area (Å²) in [6.45, 7) is 0. The normalized spacial score (nSPS) is 16.2. The summed E-state index contributed by atoms with van der Waals surface area (Å²) in [6, 6.07) is 16.3. The highest BCUT2D eigenvalue weighted by atomic mass is 14.2. The molecule has 166 valence electrons. The van der Waals surface area contributed by atoms with Crippen LogP contribution in [0.5, 0.6) is 0 Å². The number of benzene rings is 8. The van der Waals surface area contributed by atoms with Crippen LogP contribution < -0.4 is 0 Å². The first-order chi connectivity index (χ1) is 22.4. The van der Waals surface area contributed by atoms with E-state index in [1.807, 2.05) is 54.6 Å². The van der Waals surface area contributed by atoms with Crippen molar-refractivity contribution in [3.05, 3.63) is 133 Å². The molecule has 0 aliphatic heterocycles. The van der Waals surface area contributed by atoms with Gasteiger partial charge in [-0.25, -0.2) is 0 Å². The van der Waals surface area contributed by atoms with Crippen LogP contribution >= 0.6 is 0 Å². The molecule has 0 atom stereocenters. The highest BCUT2D eigenvalue weighted by Crippen LogP contribution is 2.42. The van der Waals surface area contributed by atoms with Crippen molar-refractivity contribution in [2.45, 2.75) is 0 Å². The van der Waals surface area contributed by atoms with Crippen molar-refractivity contribution in [1.82, 2.24) is 0 Å². The maximum absolute atomic E-state index is 9.34. The second-order valence-corrected chi connectivity index (χ2v) is 8.89. The molecule has 0 amide bonds. The Morgan fingerprint density at radius 3 is 2.06 bits per heavy atom. The predicted octanol–water partition coefficient (Wildman–Crippen LogP) is 10.3. The van der Waals surface area contributed by atoms with E-state index < -0.39 is 66.5 Å². The van der Waals surface area contributed by atoms with Gasteiger partial charge in [0.05, 0.1) is 15.1 Å². The molecule has 8 aromatic carbocycles. The number of hydrogen-bond acceptors (Lipinski definition) is 0. The van der Waals surface area contributed by atoms with Gasteiger partial charge in [-0.05, 0) is 93.9 Å². The van der Waals surface area contributed by atoms with Crippen molar-refractivity contribution in [2.75, 3.05) is 0 Å². The Morgan fingerprint density at radius 1 is 0.389 bits per heavy atom. The SMILES string of the molecule is [2H]c1c([2H])c([2H])c2c([2H])c3c(c([2H])c([2H])c4c([2H])c([2H])c([2H])c([2H])c43)c(-c3cccc4cc5c(ccc6ccccc65)cc34)c2c1[2H]. The van der Waals surface area contributed by atoms with E-state index in [0.717, 1.165) is 26.9 Å². The summed E-state index contributed by atoms with van der Waals surface area (Å²) < 4.78 is 96.6. The second-order valence-electron chi connectivity index (χ2n) is 8.89. The zero-order valence-electron chi connectivity index (χ0n) is 29.9. The first kappa shape index (κ1) is 11.8. The fourth-order valence-electron chi connectivity index (χ4n) is 5.33. The van der Waals surface area contributed by atoms with Crippen LogP contribution in [0.2, 0.25) is 0 Å². The third-order valence-electron chi connectivity index (χ3n) is 6.95. The summed E-state index contributed by atoms with van der Waals surface area (Å²) in [6.07, 6.45) is 0. The van der Waals surface area contributed by atoms with Crippen LogP contribution in [0.25, 0.3) is 75.8 Å². The summed E-state index contributed by atoms with van der Waals surface area (Å²) in [5, 5.41) is 5.08. The first-order valence-electron chi connectivity index (χ1n) is 17.1. The van der Waals surface area contributed by atoms with E-state index in [9.17, 15) is 2.74 Å². The molecule has 0 aliphatic carbocycles. The largest absolute Gasteiger partial charge is 0.0636 e. The zero-order valence-corrected chi connectivity index (χ0v) is 18.9. The van der Waals surface area contributed by atoms with Crippen molar-refractivity contribution < 1.29 is 15.1 Å². The summed E-state index contributed by atoms with van der Waals surface area (Å²) in [7, 11) is 0. The van der Waals surface area contributed by atoms with Crippen molar-refractivity contribution in [3.63, 3.8) is 0 Å². The summed E-state index contributed by atoms with van der Waals surface area (Å²) in [4.78, 5) is 0. The number of fused-ring (bicyclic) bond motifs is 8. The molecule has 36 heavy (non-hydrogen) atoms. The van der Waals surface area contributed by atoms with Crippen LogP contribution in [0.3, 0.4) is 0 Å². The van der Waals surface area contributed by atoms with Crippen LogP contribution in [0.4, 0.5) is 0 Å². The number of rotatable bonds is 1. The molecule has 8 rings (SSSR count). The van der Waals surface area contributed by atoms with Crippen LogP contribution in [0, 0.1) is 0 Å². The summed E-state index contributed by atoms with van der Waals surface area (Å²) in [5.74, 6) is 0. The Morgan fingerprint density at radius 2 is 1.11 bits per heavy atom. The third kappa shape index (κ3) is 2.76. The van der Waals surface area contributed by atoms with E-state index in [1.54, 1.807) is 6.07 Å². The molecule has 0 saturated carbocycles. The van der Waals surface area contributed by atoms with E-state index in [4.69, 9.17) is 12.3 Å². The van der Waals surface area contributed by atoms with Gasteiger partial charge in [0, 0.05) is 0 Å². The zero-order chi connectivity index (χ0) is 33.2. The minimum atomic E-state index is -0.572. The molecule has 0 unspecified atom stereocenters. The van der Waals surface area contributed by atoms with Gasteiger partial charge in [0.2, 0.25) is 0 Å². The molecule has 0 N–H and O–H groups in total. The fourth-order valence-corrected chi connectivity index (χ4v) is 5.33. The molecule has 0 bridgehead atoms. The number of hydrogen-bond donors (Lipinski definition) is 0. The lowest BCUT2D eigenvalue weighted by molar-refractivity contribution is 1.72. The minimum absolute atomic E-state index is 0.00712. The van der Waals surface area contributed by atoms with Crippen LogP contribution in [0.1, 0.15) is 15.1 Å². The highest BCUT2D eigenvalue weighted by molar-refractivity contribution is 6.23. The minimum Gasteiger partial charge on any atom is -0.0616 e. The van der Waals surface area contributed by atoms with Gasteiger partial charge in [0.15, 0.2) is 0 Å². The maximum Gasteiger partial charge on any atom is 0.0636 e. The predicted molar refractivity (Wildman–Crippen MR) is 157 cm³/mol. The Kier molecular flexibility index (Phi) is 2.44. The van der Waals surface area contributed by atoms with E-state index in [-0.39, 0.29) is 37.9 Å². The molecule has 0 fully saturated rings. The molecule has 0 aliphatic rings. The average molecular weight is 466 g/mol. The van der Waals surface area contributed by atoms with Gasteiger partial charge in [0.25, 0.3) is 0 Å². The molecule has 0 heteroatoms. The lowest BCUT2D eigenvalue weighted by Crippen LogP contribution is -1.89. The lowest BCUT2D eigenvalue weighted by Gasteiger charge is -2.16. The average Bonchev–Trinajstić information content (AvgIpc) is 3.08. The van der Waals surface area contributed by atoms with E-state index in [0.29, 0.717) is 10.9 Å². The molecule has 8 aromatic rings. The monoisotopic (exact) mass is 465 g/mol. The molecular formula is C36H22. The standard InChI is InChI=1S/C36H22/c1-4-12-28-23(8-1)16-17-27-21-34-26(20-33(27)28)11-7-15-31(34)36-30-14-6-3-10-25(30)22-35-29-13-5-2-9-24(29)18-19-32(35)36/h1-22H/i2D,3D,5D,6D,9D,10D,13D,14D,18D,19D,22D. The van der Waals surface area contributed by atoms with Crippen molar-refractivity contribution >= 4 is 64.6 Å². The Hall–Kier alpha value is -4.68. The lowest BCUT2D eigenvalue weighted by atomic mass is 9.87. The topological polar surface area (TPSA) is 0 Å². The second kappa shape index (κ2) is 7.41. The molecule has 0 saturated heterocycles. The van der Waals surface area contributed by atoms with Gasteiger partial charge in [-0.2, -0.15) is 0 Å². The Bertz CT molecular complexity index is 2750. The molecule has 0 radical (unpaired) electrons. The van der Waals surface area contributed by atoms with Crippen LogP contribution in [-0.2, 0) is 0 Å². The van der Waals surface area contributed by atoms with Crippen LogP contribution in [0.15, 0.2) is 133 Å². The van der Waals surface area contributed by atoms with Gasteiger partial charge in [-0.1, -0.05) is 115 Å². The first-order valence-corrected chi connectivity index (χ1v) is 11.6. The summed E-state index contributed by atoms with van der Waals surface area (Å²) >= 11 is 0. The van der Waals surface area contributed by atoms with Gasteiger partial charge < -0.3 is 0 Å². The van der Waals surface area contributed by atoms with Crippen LogP contribution in [-0.4, -0.2) is 0 Å². The van der Waals surface area contributed by atoms with E-state index in [1.165, 1.54) is 0 Å². The Balaban J connectivity index is 1.69. The van der Waals surface area contributed by atoms with E-state index >= 15 is 0 Å². The highest BCUT2D eigenvalue weighted by Gasteiger charge is 2.15. The molecular weight excluding hydrogens is 432 g/mol. The van der Waals surface area contributed by atoms with Crippen molar-refractivity contribution in [3.8, 4) is 11.1 Å². The van der Waals surface area contributed by atoms with Gasteiger partial charge in [0.1, 0.15) is 0 Å². The fraction of sp³-hybridized carbons (Fsp3) is 0. The van der Waals surface area contributed by atoms with Crippen molar-refractivity contribution in [2.24, 2.45) is 0 Å².